The van der Waals surface area contributed by atoms with Crippen LogP contribution in [0.2, 0.25) is 0 Å². The standard InChI is InChI=1S/C28H25F3N6O/c1-17(2)33-26-10-9-23(35-36-26)8-7-20-11-21(6-5-18(20)3)27(38)34-24-12-22(28(29,30)31)13-25(14-24)37-15-19(4)32-16-37/h5-6,9-17H,1-4H3,(H,33,36)(H,34,38). The molecule has 0 saturated heterocycles. The van der Waals surface area contributed by atoms with Crippen LogP contribution in [0.5, 0.6) is 0 Å². The normalized spacial score (nSPS) is 11.2. The molecule has 0 unspecified atom stereocenters. The molecule has 0 fully saturated rings. The molecular formula is C28H25F3N6O. The lowest BCUT2D eigenvalue weighted by Crippen LogP contribution is -2.14. The minimum atomic E-state index is -4.59. The molecule has 2 aromatic carbocycles. The van der Waals surface area contributed by atoms with E-state index in [9.17, 15) is 18.0 Å². The van der Waals surface area contributed by atoms with Gasteiger partial charge < -0.3 is 15.2 Å². The Morgan fingerprint density at radius 3 is 2.42 bits per heavy atom. The van der Waals surface area contributed by atoms with E-state index in [-0.39, 0.29) is 23.0 Å². The van der Waals surface area contributed by atoms with Crippen molar-refractivity contribution in [1.82, 2.24) is 19.7 Å². The first kappa shape index (κ1) is 26.4. The van der Waals surface area contributed by atoms with E-state index in [4.69, 9.17) is 0 Å². The summed E-state index contributed by atoms with van der Waals surface area (Å²) >= 11 is 0. The summed E-state index contributed by atoms with van der Waals surface area (Å²) in [5.41, 5.74) is 2.11. The Hall–Kier alpha value is -4.65. The van der Waals surface area contributed by atoms with E-state index in [1.54, 1.807) is 43.5 Å². The maximum Gasteiger partial charge on any atom is 0.416 e. The van der Waals surface area contributed by atoms with Gasteiger partial charge in [-0.25, -0.2) is 4.98 Å². The van der Waals surface area contributed by atoms with Crippen LogP contribution in [0.15, 0.2) is 61.1 Å². The number of rotatable bonds is 5. The van der Waals surface area contributed by atoms with Crippen LogP contribution in [0.3, 0.4) is 0 Å². The molecule has 0 aliphatic carbocycles. The number of carbonyl (C=O) groups is 1. The highest BCUT2D eigenvalue weighted by Gasteiger charge is 2.31. The second-order valence-corrected chi connectivity index (χ2v) is 9.03. The number of nitrogens with zero attached hydrogens (tertiary/aromatic N) is 4. The minimum Gasteiger partial charge on any atom is -0.366 e. The van der Waals surface area contributed by atoms with E-state index < -0.39 is 17.6 Å². The van der Waals surface area contributed by atoms with Crippen LogP contribution in [0.1, 0.15) is 52.3 Å². The molecule has 2 aromatic heterocycles. The smallest absolute Gasteiger partial charge is 0.366 e. The van der Waals surface area contributed by atoms with Gasteiger partial charge in [0.1, 0.15) is 11.5 Å². The predicted molar refractivity (Wildman–Crippen MR) is 139 cm³/mol. The highest BCUT2D eigenvalue weighted by molar-refractivity contribution is 6.04. The van der Waals surface area contributed by atoms with Crippen molar-refractivity contribution in [3.8, 4) is 17.5 Å². The number of benzene rings is 2. The van der Waals surface area contributed by atoms with Gasteiger partial charge in [-0.15, -0.1) is 10.2 Å². The fourth-order valence-electron chi connectivity index (χ4n) is 3.56. The van der Waals surface area contributed by atoms with E-state index in [2.05, 4.69) is 37.7 Å². The van der Waals surface area contributed by atoms with E-state index in [0.29, 0.717) is 22.8 Å². The molecule has 0 bridgehead atoms. The van der Waals surface area contributed by atoms with Gasteiger partial charge >= 0.3 is 6.18 Å². The Kier molecular flexibility index (Phi) is 7.48. The average Bonchev–Trinajstić information content (AvgIpc) is 3.29. The summed E-state index contributed by atoms with van der Waals surface area (Å²) in [7, 11) is 0. The zero-order chi connectivity index (χ0) is 27.4. The van der Waals surface area contributed by atoms with Gasteiger partial charge in [0, 0.05) is 34.7 Å². The van der Waals surface area contributed by atoms with E-state index in [1.165, 1.54) is 17.0 Å². The van der Waals surface area contributed by atoms with Crippen LogP contribution in [0.4, 0.5) is 24.7 Å². The van der Waals surface area contributed by atoms with Gasteiger partial charge in [0.05, 0.1) is 17.6 Å². The first-order chi connectivity index (χ1) is 18.0. The molecule has 2 N–H and O–H groups in total. The van der Waals surface area contributed by atoms with Crippen molar-refractivity contribution in [1.29, 1.82) is 0 Å². The third kappa shape index (κ3) is 6.56. The Labute approximate surface area is 218 Å². The topological polar surface area (TPSA) is 84.7 Å². The molecule has 2 heterocycles. The maximum absolute atomic E-state index is 13.6. The van der Waals surface area contributed by atoms with Crippen LogP contribution in [0, 0.1) is 25.7 Å². The summed E-state index contributed by atoms with van der Waals surface area (Å²) in [5.74, 6) is 6.01. The second-order valence-electron chi connectivity index (χ2n) is 9.03. The molecule has 1 amide bonds. The number of hydrogen-bond donors (Lipinski definition) is 2. The molecule has 194 valence electrons. The Bertz CT molecular complexity index is 1530. The number of hydrogen-bond acceptors (Lipinski definition) is 5. The van der Waals surface area contributed by atoms with Gasteiger partial charge in [0.15, 0.2) is 0 Å². The maximum atomic E-state index is 13.6. The Morgan fingerprint density at radius 2 is 1.79 bits per heavy atom. The van der Waals surface area contributed by atoms with Gasteiger partial charge in [-0.2, -0.15) is 13.2 Å². The summed E-state index contributed by atoms with van der Waals surface area (Å²) in [6.07, 6.45) is -1.57. The van der Waals surface area contributed by atoms with Crippen molar-refractivity contribution in [2.75, 3.05) is 10.6 Å². The molecule has 0 saturated carbocycles. The number of aromatic nitrogens is 4. The van der Waals surface area contributed by atoms with Crippen molar-refractivity contribution < 1.29 is 18.0 Å². The molecular weight excluding hydrogens is 493 g/mol. The number of alkyl halides is 3. The molecule has 4 aromatic rings. The molecule has 0 radical (unpaired) electrons. The lowest BCUT2D eigenvalue weighted by Gasteiger charge is -2.14. The molecule has 0 aliphatic heterocycles. The van der Waals surface area contributed by atoms with Gasteiger partial charge in [-0.05, 0) is 81.6 Å². The number of nitrogens with one attached hydrogen (secondary N) is 2. The fourth-order valence-corrected chi connectivity index (χ4v) is 3.56. The lowest BCUT2D eigenvalue weighted by molar-refractivity contribution is -0.137. The third-order valence-electron chi connectivity index (χ3n) is 5.44. The van der Waals surface area contributed by atoms with Crippen molar-refractivity contribution >= 4 is 17.4 Å². The van der Waals surface area contributed by atoms with Crippen molar-refractivity contribution in [3.05, 3.63) is 94.7 Å². The number of anilines is 2. The monoisotopic (exact) mass is 518 g/mol. The minimum absolute atomic E-state index is 0.00441. The largest absolute Gasteiger partial charge is 0.416 e. The van der Waals surface area contributed by atoms with E-state index in [0.717, 1.165) is 17.7 Å². The number of amides is 1. The molecule has 0 aliphatic rings. The van der Waals surface area contributed by atoms with Gasteiger partial charge in [0.2, 0.25) is 0 Å². The van der Waals surface area contributed by atoms with Gasteiger partial charge in [0.25, 0.3) is 5.91 Å². The van der Waals surface area contributed by atoms with Crippen molar-refractivity contribution in [2.24, 2.45) is 0 Å². The highest BCUT2D eigenvalue weighted by atomic mass is 19.4. The van der Waals surface area contributed by atoms with Crippen LogP contribution in [0.25, 0.3) is 5.69 Å². The summed E-state index contributed by atoms with van der Waals surface area (Å²) in [4.78, 5) is 17.1. The molecule has 10 heteroatoms. The lowest BCUT2D eigenvalue weighted by atomic mass is 10.0. The zero-order valence-corrected chi connectivity index (χ0v) is 21.2. The van der Waals surface area contributed by atoms with Crippen LogP contribution in [-0.2, 0) is 6.18 Å². The number of aryl methyl sites for hydroxylation is 2. The highest BCUT2D eigenvalue weighted by Crippen LogP contribution is 2.33. The second kappa shape index (κ2) is 10.8. The molecule has 4 rings (SSSR count). The third-order valence-corrected chi connectivity index (χ3v) is 5.44. The number of carbonyl (C=O) groups excluding carboxylic acids is 1. The van der Waals surface area contributed by atoms with Gasteiger partial charge in [-0.1, -0.05) is 12.0 Å². The summed E-state index contributed by atoms with van der Waals surface area (Å²) in [6, 6.07) is 12.0. The van der Waals surface area contributed by atoms with E-state index in [1.807, 2.05) is 20.8 Å². The van der Waals surface area contributed by atoms with Crippen LogP contribution in [-0.4, -0.2) is 31.7 Å². The van der Waals surface area contributed by atoms with Crippen molar-refractivity contribution in [2.45, 2.75) is 39.9 Å². The molecule has 7 nitrogen and oxygen atoms in total. The van der Waals surface area contributed by atoms with Gasteiger partial charge in [-0.3, -0.25) is 4.79 Å². The summed E-state index contributed by atoms with van der Waals surface area (Å²) in [6.45, 7) is 7.57. The summed E-state index contributed by atoms with van der Waals surface area (Å²) in [5, 5.41) is 13.9. The predicted octanol–water partition coefficient (Wildman–Crippen LogP) is 5.77. The molecule has 0 atom stereocenters. The quantitative estimate of drug-likeness (QED) is 0.328. The Balaban J connectivity index is 1.58. The van der Waals surface area contributed by atoms with E-state index >= 15 is 0 Å². The average molecular weight is 519 g/mol. The first-order valence-corrected chi connectivity index (χ1v) is 11.8. The Morgan fingerprint density at radius 1 is 1.00 bits per heavy atom. The molecule has 38 heavy (non-hydrogen) atoms. The number of halogens is 3. The van der Waals surface area contributed by atoms with Crippen LogP contribution < -0.4 is 10.6 Å². The van der Waals surface area contributed by atoms with Crippen molar-refractivity contribution in [3.63, 3.8) is 0 Å². The number of imidazole rings is 1. The SMILES string of the molecule is Cc1cn(-c2cc(NC(=O)c3ccc(C)c(C#Cc4ccc(NC(C)C)nn4)c3)cc(C(F)(F)F)c2)cn1. The zero-order valence-electron chi connectivity index (χ0n) is 21.2. The van der Waals surface area contributed by atoms with Crippen LogP contribution >= 0.6 is 0 Å². The molecule has 0 spiro atoms. The first-order valence-electron chi connectivity index (χ1n) is 11.8. The summed E-state index contributed by atoms with van der Waals surface area (Å²) < 4.78 is 42.2. The fraction of sp³-hybridized carbons (Fsp3) is 0.214.